The number of para-hydroxylation sites is 1. The molecule has 0 bridgehead atoms. The fraction of sp³-hybridized carbons (Fsp3) is 0.414. The van der Waals surface area contributed by atoms with E-state index < -0.39 is 17.6 Å². The standard InChI is InChI=1S/C29H35N7O3S/c30-28(31)33-16-6-10-21(24(37)26-35-20-9-4-5-11-23(20)40-26)34-25(38)22-13-12-19-14-15-29(32,27(39)36(19)22)17-18-7-2-1-3-8-18/h1-5,7-9,11,19,21-22H,6,10,12-17,32H2,(H,34,38)(H4,30,31,33). The van der Waals surface area contributed by atoms with E-state index in [9.17, 15) is 14.4 Å². The first-order valence-corrected chi connectivity index (χ1v) is 14.5. The summed E-state index contributed by atoms with van der Waals surface area (Å²) in [5.41, 5.74) is 18.2. The first-order valence-electron chi connectivity index (χ1n) is 13.7. The van der Waals surface area contributed by atoms with Crippen molar-refractivity contribution in [3.05, 3.63) is 65.2 Å². The van der Waals surface area contributed by atoms with Crippen molar-refractivity contribution in [2.75, 3.05) is 6.54 Å². The molecular weight excluding hydrogens is 526 g/mol. The normalized spacial score (nSPS) is 23.0. The fourth-order valence-electron chi connectivity index (χ4n) is 5.81. The van der Waals surface area contributed by atoms with Gasteiger partial charge in [-0.3, -0.25) is 19.4 Å². The van der Waals surface area contributed by atoms with Crippen LogP contribution in [0.2, 0.25) is 0 Å². The molecule has 10 nitrogen and oxygen atoms in total. The number of piperidine rings is 1. The monoisotopic (exact) mass is 561 g/mol. The van der Waals surface area contributed by atoms with Crippen molar-refractivity contribution in [3.8, 4) is 0 Å². The number of aromatic nitrogens is 1. The van der Waals surface area contributed by atoms with Gasteiger partial charge in [0.1, 0.15) is 6.04 Å². The van der Waals surface area contributed by atoms with Gasteiger partial charge < -0.3 is 27.4 Å². The summed E-state index contributed by atoms with van der Waals surface area (Å²) in [5, 5.41) is 3.28. The van der Waals surface area contributed by atoms with Crippen LogP contribution >= 0.6 is 11.3 Å². The van der Waals surface area contributed by atoms with Crippen LogP contribution in [-0.2, 0) is 16.0 Å². The lowest BCUT2D eigenvalue weighted by molar-refractivity contribution is -0.148. The Morgan fingerprint density at radius 1 is 1.10 bits per heavy atom. The SMILES string of the molecule is NC(N)=NCCCC(NC(=O)C1CCC2CCC(N)(Cc3ccccc3)C(=O)N21)C(=O)c1nc2ccccc2s1. The third-order valence-corrected chi connectivity index (χ3v) is 8.89. The number of nitrogens with zero attached hydrogens (tertiary/aromatic N) is 3. The number of hydrogen-bond donors (Lipinski definition) is 4. The van der Waals surface area contributed by atoms with Gasteiger partial charge in [-0.1, -0.05) is 42.5 Å². The van der Waals surface area contributed by atoms with E-state index >= 15 is 0 Å². The zero-order valence-electron chi connectivity index (χ0n) is 22.3. The van der Waals surface area contributed by atoms with Gasteiger partial charge in [0.25, 0.3) is 0 Å². The summed E-state index contributed by atoms with van der Waals surface area (Å²) >= 11 is 1.30. The average molecular weight is 562 g/mol. The summed E-state index contributed by atoms with van der Waals surface area (Å²) < 4.78 is 0.895. The molecule has 2 aliphatic heterocycles. The zero-order chi connectivity index (χ0) is 28.3. The van der Waals surface area contributed by atoms with Crippen LogP contribution in [0.3, 0.4) is 0 Å². The highest BCUT2D eigenvalue weighted by Crippen LogP contribution is 2.37. The first-order chi connectivity index (χ1) is 19.2. The number of carbonyl (C=O) groups excluding carboxylic acids is 3. The van der Waals surface area contributed by atoms with Crippen LogP contribution in [0.15, 0.2) is 59.6 Å². The van der Waals surface area contributed by atoms with E-state index in [-0.39, 0.29) is 29.6 Å². The molecule has 2 fully saturated rings. The number of Topliss-reactive ketones (excluding diaryl/α,β-unsaturated/α-hetero) is 1. The van der Waals surface area contributed by atoms with Gasteiger partial charge in [-0.05, 0) is 62.6 Å². The van der Waals surface area contributed by atoms with Crippen molar-refractivity contribution in [3.63, 3.8) is 0 Å². The maximum absolute atomic E-state index is 13.8. The van der Waals surface area contributed by atoms with Crippen LogP contribution in [-0.4, -0.2) is 63.7 Å². The summed E-state index contributed by atoms with van der Waals surface area (Å²) in [6, 6.07) is 15.7. The molecular formula is C29H35N7O3S. The molecule has 210 valence electrons. The Balaban J connectivity index is 1.33. The lowest BCUT2D eigenvalue weighted by Crippen LogP contribution is -2.65. The van der Waals surface area contributed by atoms with E-state index in [1.54, 1.807) is 4.90 Å². The van der Waals surface area contributed by atoms with Gasteiger partial charge in [0, 0.05) is 12.6 Å². The minimum absolute atomic E-state index is 0.0283. The number of carbonyl (C=O) groups is 3. The molecule has 4 unspecified atom stereocenters. The van der Waals surface area contributed by atoms with E-state index in [0.717, 1.165) is 28.6 Å². The minimum Gasteiger partial charge on any atom is -0.370 e. The van der Waals surface area contributed by atoms with Gasteiger partial charge in [-0.15, -0.1) is 11.3 Å². The molecule has 0 spiro atoms. The second kappa shape index (κ2) is 11.7. The molecule has 1 aromatic heterocycles. The smallest absolute Gasteiger partial charge is 0.243 e. The summed E-state index contributed by atoms with van der Waals surface area (Å²) in [5.74, 6) is -0.844. The van der Waals surface area contributed by atoms with Crippen LogP contribution in [0.1, 0.15) is 53.9 Å². The molecule has 2 aliphatic rings. The van der Waals surface area contributed by atoms with Crippen molar-refractivity contribution in [2.24, 2.45) is 22.2 Å². The topological polar surface area (TPSA) is 170 Å². The number of thiazole rings is 1. The molecule has 0 aliphatic carbocycles. The molecule has 2 amide bonds. The van der Waals surface area contributed by atoms with Crippen LogP contribution in [0.25, 0.3) is 10.2 Å². The number of benzene rings is 2. The average Bonchev–Trinajstić information content (AvgIpc) is 3.57. The van der Waals surface area contributed by atoms with Crippen molar-refractivity contribution < 1.29 is 14.4 Å². The first kappa shape index (κ1) is 27.7. The highest BCUT2D eigenvalue weighted by molar-refractivity contribution is 7.20. The predicted molar refractivity (Wildman–Crippen MR) is 156 cm³/mol. The Labute approximate surface area is 237 Å². The van der Waals surface area contributed by atoms with Crippen molar-refractivity contribution >= 4 is 45.1 Å². The number of rotatable bonds is 10. The molecule has 2 aromatic carbocycles. The maximum atomic E-state index is 13.8. The fourth-order valence-corrected chi connectivity index (χ4v) is 6.77. The summed E-state index contributed by atoms with van der Waals surface area (Å²) in [4.78, 5) is 51.2. The quantitative estimate of drug-likeness (QED) is 0.127. The molecule has 4 atom stereocenters. The summed E-state index contributed by atoms with van der Waals surface area (Å²) in [6.07, 6.45) is 3.79. The van der Waals surface area contributed by atoms with Gasteiger partial charge in [0.05, 0.1) is 21.8 Å². The van der Waals surface area contributed by atoms with E-state index in [1.165, 1.54) is 11.3 Å². The second-order valence-corrected chi connectivity index (χ2v) is 11.7. The van der Waals surface area contributed by atoms with Gasteiger partial charge in [0.15, 0.2) is 11.0 Å². The third kappa shape index (κ3) is 5.85. The minimum atomic E-state index is -1.07. The lowest BCUT2D eigenvalue weighted by atomic mass is 9.81. The molecule has 3 heterocycles. The van der Waals surface area contributed by atoms with Crippen molar-refractivity contribution in [2.45, 2.75) is 68.6 Å². The molecule has 11 heteroatoms. The molecule has 0 saturated carbocycles. The number of amides is 2. The largest absolute Gasteiger partial charge is 0.370 e. The Hall–Kier alpha value is -3.83. The van der Waals surface area contributed by atoms with E-state index in [4.69, 9.17) is 17.2 Å². The van der Waals surface area contributed by atoms with Crippen LogP contribution in [0, 0.1) is 0 Å². The van der Waals surface area contributed by atoms with Crippen molar-refractivity contribution in [1.82, 2.24) is 15.2 Å². The number of guanidine groups is 1. The number of fused-ring (bicyclic) bond motifs is 2. The van der Waals surface area contributed by atoms with Gasteiger partial charge >= 0.3 is 0 Å². The Morgan fingerprint density at radius 3 is 2.60 bits per heavy atom. The predicted octanol–water partition coefficient (Wildman–Crippen LogP) is 2.11. The molecule has 7 N–H and O–H groups in total. The number of aliphatic imine (C=N–C) groups is 1. The number of nitrogens with one attached hydrogen (secondary N) is 1. The Kier molecular flexibility index (Phi) is 8.13. The highest BCUT2D eigenvalue weighted by Gasteiger charge is 2.51. The molecule has 3 aromatic rings. The molecule has 5 rings (SSSR count). The van der Waals surface area contributed by atoms with Gasteiger partial charge in [-0.25, -0.2) is 4.98 Å². The van der Waals surface area contributed by atoms with Crippen LogP contribution in [0.4, 0.5) is 0 Å². The number of ketones is 1. The molecule has 2 saturated heterocycles. The molecule has 0 radical (unpaired) electrons. The van der Waals surface area contributed by atoms with Gasteiger partial charge in [0.2, 0.25) is 17.6 Å². The Bertz CT molecular complexity index is 1390. The second-order valence-electron chi connectivity index (χ2n) is 10.7. The Morgan fingerprint density at radius 2 is 1.85 bits per heavy atom. The van der Waals surface area contributed by atoms with E-state index in [0.29, 0.717) is 43.7 Å². The van der Waals surface area contributed by atoms with E-state index in [2.05, 4.69) is 15.3 Å². The van der Waals surface area contributed by atoms with E-state index in [1.807, 2.05) is 54.6 Å². The maximum Gasteiger partial charge on any atom is 0.243 e. The molecule has 40 heavy (non-hydrogen) atoms. The van der Waals surface area contributed by atoms with Gasteiger partial charge in [-0.2, -0.15) is 0 Å². The zero-order valence-corrected chi connectivity index (χ0v) is 23.1. The highest BCUT2D eigenvalue weighted by atomic mass is 32.1. The number of nitrogens with two attached hydrogens (primary N) is 3. The summed E-state index contributed by atoms with van der Waals surface area (Å²) in [7, 11) is 0. The number of hydrogen-bond acceptors (Lipinski definition) is 7. The summed E-state index contributed by atoms with van der Waals surface area (Å²) in [6.45, 7) is 0.327. The van der Waals surface area contributed by atoms with Crippen molar-refractivity contribution in [1.29, 1.82) is 0 Å². The van der Waals surface area contributed by atoms with Crippen LogP contribution < -0.4 is 22.5 Å². The third-order valence-electron chi connectivity index (χ3n) is 7.83. The van der Waals surface area contributed by atoms with Crippen LogP contribution in [0.5, 0.6) is 0 Å². The lowest BCUT2D eigenvalue weighted by Gasteiger charge is -2.43.